The SMILES string of the molecule is CCNC(=O)c1cccc2nn3ccc(N4C[C@@H](F)C[C@@H]4c4cc(F)ccc4F)nc3c12. The molecule has 6 nitrogen and oxygen atoms in total. The average molecular weight is 439 g/mol. The van der Waals surface area contributed by atoms with E-state index in [2.05, 4.69) is 15.4 Å². The molecule has 9 heteroatoms. The molecule has 1 saturated heterocycles. The highest BCUT2D eigenvalue weighted by Crippen LogP contribution is 2.38. The zero-order valence-corrected chi connectivity index (χ0v) is 17.2. The zero-order valence-electron chi connectivity index (χ0n) is 17.2. The number of amides is 1. The standard InChI is InChI=1S/C23H20F3N5O/c1-2-27-23(32)15-4-3-5-18-21(15)22-28-20(8-9-31(22)29-18)30-12-14(25)11-19(30)16-10-13(24)6-7-17(16)26/h3-10,14,19H,2,11-12H2,1H3,(H,27,32)/t14-,19+/m0/s1. The van der Waals surface area contributed by atoms with Crippen LogP contribution in [0.15, 0.2) is 48.7 Å². The first-order valence-electron chi connectivity index (χ1n) is 10.4. The third kappa shape index (κ3) is 3.34. The Balaban J connectivity index is 1.64. The lowest BCUT2D eigenvalue weighted by Crippen LogP contribution is -2.25. The smallest absolute Gasteiger partial charge is 0.252 e. The first-order chi connectivity index (χ1) is 15.5. The molecule has 4 aromatic rings. The van der Waals surface area contributed by atoms with E-state index in [4.69, 9.17) is 0 Å². The van der Waals surface area contributed by atoms with E-state index in [1.807, 2.05) is 6.92 Å². The summed E-state index contributed by atoms with van der Waals surface area (Å²) < 4.78 is 44.3. The number of carbonyl (C=O) groups is 1. The van der Waals surface area contributed by atoms with Gasteiger partial charge in [0, 0.05) is 24.7 Å². The summed E-state index contributed by atoms with van der Waals surface area (Å²) in [5.41, 5.74) is 1.55. The van der Waals surface area contributed by atoms with Gasteiger partial charge >= 0.3 is 0 Å². The lowest BCUT2D eigenvalue weighted by molar-refractivity contribution is 0.0957. The molecule has 164 valence electrons. The minimum Gasteiger partial charge on any atom is -0.352 e. The number of nitrogens with one attached hydrogen (secondary N) is 1. The number of halogens is 3. The van der Waals surface area contributed by atoms with Crippen molar-refractivity contribution in [3.63, 3.8) is 0 Å². The zero-order chi connectivity index (χ0) is 22.4. The Morgan fingerprint density at radius 1 is 1.22 bits per heavy atom. The maximum absolute atomic E-state index is 14.5. The van der Waals surface area contributed by atoms with Crippen molar-refractivity contribution in [3.8, 4) is 0 Å². The lowest BCUT2D eigenvalue weighted by Gasteiger charge is -2.26. The normalized spacial score (nSPS) is 18.6. The van der Waals surface area contributed by atoms with E-state index in [0.29, 0.717) is 34.5 Å². The van der Waals surface area contributed by atoms with Crippen LogP contribution < -0.4 is 10.2 Å². The monoisotopic (exact) mass is 439 g/mol. The second-order valence-corrected chi connectivity index (χ2v) is 7.78. The number of rotatable bonds is 4. The van der Waals surface area contributed by atoms with Crippen LogP contribution in [0.3, 0.4) is 0 Å². The maximum atomic E-state index is 14.5. The summed E-state index contributed by atoms with van der Waals surface area (Å²) in [6.07, 6.45) is 0.481. The number of benzene rings is 2. The molecular formula is C23H20F3N5O. The quantitative estimate of drug-likeness (QED) is 0.518. The van der Waals surface area contributed by atoms with E-state index in [1.165, 1.54) is 0 Å². The molecular weight excluding hydrogens is 419 g/mol. The van der Waals surface area contributed by atoms with Crippen molar-refractivity contribution in [2.24, 2.45) is 0 Å². The van der Waals surface area contributed by atoms with Crippen molar-refractivity contribution in [2.45, 2.75) is 25.6 Å². The van der Waals surface area contributed by atoms with Gasteiger partial charge in [-0.05, 0) is 43.3 Å². The minimum atomic E-state index is -1.21. The van der Waals surface area contributed by atoms with Crippen molar-refractivity contribution in [3.05, 3.63) is 71.4 Å². The molecule has 3 heterocycles. The third-order valence-corrected chi connectivity index (χ3v) is 5.73. The highest BCUT2D eigenvalue weighted by Gasteiger charge is 2.36. The Morgan fingerprint density at radius 3 is 2.88 bits per heavy atom. The topological polar surface area (TPSA) is 62.5 Å². The van der Waals surface area contributed by atoms with Gasteiger partial charge in [-0.3, -0.25) is 4.79 Å². The number of hydrogen-bond donors (Lipinski definition) is 1. The number of aromatic nitrogens is 3. The maximum Gasteiger partial charge on any atom is 0.252 e. The molecule has 1 fully saturated rings. The minimum absolute atomic E-state index is 0.000951. The number of carbonyl (C=O) groups excluding carboxylic acids is 1. The molecule has 1 aliphatic rings. The van der Waals surface area contributed by atoms with Crippen LogP contribution in [-0.4, -0.2) is 39.8 Å². The van der Waals surface area contributed by atoms with Crippen LogP contribution in [0.2, 0.25) is 0 Å². The summed E-state index contributed by atoms with van der Waals surface area (Å²) in [4.78, 5) is 18.9. The molecule has 2 aromatic heterocycles. The first-order valence-corrected chi connectivity index (χ1v) is 10.4. The Bertz CT molecular complexity index is 1340. The molecule has 1 N–H and O–H groups in total. The van der Waals surface area contributed by atoms with E-state index >= 15 is 0 Å². The predicted molar refractivity (Wildman–Crippen MR) is 114 cm³/mol. The summed E-state index contributed by atoms with van der Waals surface area (Å²) >= 11 is 0. The molecule has 2 aromatic carbocycles. The molecule has 2 atom stereocenters. The van der Waals surface area contributed by atoms with Gasteiger partial charge in [-0.1, -0.05) is 6.07 Å². The van der Waals surface area contributed by atoms with E-state index in [-0.39, 0.29) is 24.4 Å². The van der Waals surface area contributed by atoms with Gasteiger partial charge in [0.1, 0.15) is 23.6 Å². The molecule has 0 aliphatic carbocycles. The highest BCUT2D eigenvalue weighted by atomic mass is 19.1. The number of hydrogen-bond acceptors (Lipinski definition) is 4. The van der Waals surface area contributed by atoms with Crippen molar-refractivity contribution in [1.82, 2.24) is 19.9 Å². The molecule has 0 unspecified atom stereocenters. The van der Waals surface area contributed by atoms with Gasteiger partial charge in [-0.15, -0.1) is 0 Å². The van der Waals surface area contributed by atoms with Gasteiger partial charge in [0.2, 0.25) is 0 Å². The molecule has 32 heavy (non-hydrogen) atoms. The second kappa shape index (κ2) is 7.81. The summed E-state index contributed by atoms with van der Waals surface area (Å²) in [6.45, 7) is 2.30. The molecule has 0 bridgehead atoms. The Kier molecular flexibility index (Phi) is 4.96. The van der Waals surface area contributed by atoms with Gasteiger partial charge in [0.05, 0.1) is 29.1 Å². The van der Waals surface area contributed by atoms with E-state index in [0.717, 1.165) is 18.2 Å². The third-order valence-electron chi connectivity index (χ3n) is 5.73. The van der Waals surface area contributed by atoms with Crippen LogP contribution in [0, 0.1) is 11.6 Å². The fourth-order valence-electron chi connectivity index (χ4n) is 4.34. The average Bonchev–Trinajstić information content (AvgIpc) is 3.35. The Labute approximate surface area is 181 Å². The fourth-order valence-corrected chi connectivity index (χ4v) is 4.34. The Hall–Kier alpha value is -3.62. The van der Waals surface area contributed by atoms with Crippen molar-refractivity contribution < 1.29 is 18.0 Å². The van der Waals surface area contributed by atoms with Crippen LogP contribution in [0.5, 0.6) is 0 Å². The van der Waals surface area contributed by atoms with Crippen LogP contribution in [-0.2, 0) is 0 Å². The molecule has 5 rings (SSSR count). The van der Waals surface area contributed by atoms with E-state index in [1.54, 1.807) is 39.9 Å². The van der Waals surface area contributed by atoms with Crippen molar-refractivity contribution in [2.75, 3.05) is 18.0 Å². The van der Waals surface area contributed by atoms with Gasteiger partial charge in [0.15, 0.2) is 5.65 Å². The van der Waals surface area contributed by atoms with Gasteiger partial charge in [-0.25, -0.2) is 22.7 Å². The largest absolute Gasteiger partial charge is 0.352 e. The van der Waals surface area contributed by atoms with Gasteiger partial charge in [-0.2, -0.15) is 5.10 Å². The number of nitrogens with zero attached hydrogens (tertiary/aromatic N) is 4. The molecule has 0 spiro atoms. The summed E-state index contributed by atoms with van der Waals surface area (Å²) in [7, 11) is 0. The highest BCUT2D eigenvalue weighted by molar-refractivity contribution is 6.11. The predicted octanol–water partition coefficient (Wildman–Crippen LogP) is 4.20. The summed E-state index contributed by atoms with van der Waals surface area (Å²) in [5, 5.41) is 7.83. The van der Waals surface area contributed by atoms with Gasteiger partial charge < -0.3 is 10.2 Å². The van der Waals surface area contributed by atoms with Crippen LogP contribution in [0.4, 0.5) is 19.0 Å². The van der Waals surface area contributed by atoms with Crippen molar-refractivity contribution >= 4 is 28.3 Å². The van der Waals surface area contributed by atoms with Crippen molar-refractivity contribution in [1.29, 1.82) is 0 Å². The summed E-state index contributed by atoms with van der Waals surface area (Å²) in [5.74, 6) is -1.02. The van der Waals surface area contributed by atoms with E-state index in [9.17, 15) is 18.0 Å². The first kappa shape index (κ1) is 20.3. The molecule has 1 amide bonds. The lowest BCUT2D eigenvalue weighted by atomic mass is 10.0. The molecule has 0 radical (unpaired) electrons. The summed E-state index contributed by atoms with van der Waals surface area (Å²) in [6, 6.07) is 9.37. The van der Waals surface area contributed by atoms with Gasteiger partial charge in [0.25, 0.3) is 5.91 Å². The van der Waals surface area contributed by atoms with Crippen LogP contribution in [0.1, 0.15) is 35.3 Å². The number of fused-ring (bicyclic) bond motifs is 3. The number of alkyl halides is 1. The fraction of sp³-hybridized carbons (Fsp3) is 0.261. The van der Waals surface area contributed by atoms with Crippen LogP contribution in [0.25, 0.3) is 16.6 Å². The molecule has 0 saturated carbocycles. The molecule has 1 aliphatic heterocycles. The Morgan fingerprint density at radius 2 is 2.06 bits per heavy atom. The van der Waals surface area contributed by atoms with Crippen LogP contribution >= 0.6 is 0 Å². The second-order valence-electron chi connectivity index (χ2n) is 7.78. The van der Waals surface area contributed by atoms with E-state index < -0.39 is 23.8 Å². The number of anilines is 1.